The number of anilines is 1. The first-order valence-electron chi connectivity index (χ1n) is 7.49. The van der Waals surface area contributed by atoms with Crippen LogP contribution in [0, 0.1) is 11.3 Å². The van der Waals surface area contributed by atoms with Crippen LogP contribution in [-0.4, -0.2) is 39.0 Å². The molecule has 0 spiro atoms. The van der Waals surface area contributed by atoms with Gasteiger partial charge in [0, 0.05) is 0 Å². The summed E-state index contributed by atoms with van der Waals surface area (Å²) in [5.41, 5.74) is 1.47. The van der Waals surface area contributed by atoms with Crippen LogP contribution in [0.4, 0.5) is 5.00 Å². The fourth-order valence-corrected chi connectivity index (χ4v) is 3.52. The number of hydrogen-bond acceptors (Lipinski definition) is 8. The van der Waals surface area contributed by atoms with Crippen molar-refractivity contribution in [1.82, 2.24) is 20.2 Å². The van der Waals surface area contributed by atoms with E-state index in [-0.39, 0.29) is 11.7 Å². The Morgan fingerprint density at radius 3 is 2.92 bits per heavy atom. The predicted molar refractivity (Wildman–Crippen MR) is 98.3 cm³/mol. The predicted octanol–water partition coefficient (Wildman–Crippen LogP) is 2.39. The Hall–Kier alpha value is -2.90. The number of methoxy groups -OCH3 is 1. The molecular weight excluding hydrogens is 372 g/mol. The molecule has 2 aromatic heterocycles. The molecule has 0 saturated carbocycles. The summed E-state index contributed by atoms with van der Waals surface area (Å²) in [6.45, 7) is 0.491. The van der Waals surface area contributed by atoms with Gasteiger partial charge < -0.3 is 10.1 Å². The van der Waals surface area contributed by atoms with E-state index in [0.717, 1.165) is 11.3 Å². The minimum absolute atomic E-state index is 0.145. The van der Waals surface area contributed by atoms with Gasteiger partial charge in [0.15, 0.2) is 0 Å². The van der Waals surface area contributed by atoms with Crippen LogP contribution in [0.2, 0.25) is 0 Å². The molecule has 0 bridgehead atoms. The van der Waals surface area contributed by atoms with Crippen molar-refractivity contribution in [1.29, 1.82) is 5.26 Å². The van der Waals surface area contributed by atoms with Crippen LogP contribution in [0.3, 0.4) is 0 Å². The number of nitrogens with zero attached hydrogens (tertiary/aromatic N) is 5. The maximum atomic E-state index is 12.1. The van der Waals surface area contributed by atoms with Gasteiger partial charge in [0.05, 0.1) is 25.0 Å². The molecule has 132 valence electrons. The number of carbonyl (C=O) groups excluding carboxylic acids is 1. The van der Waals surface area contributed by atoms with Gasteiger partial charge in [0.25, 0.3) is 0 Å². The molecule has 1 N–H and O–H groups in total. The second-order valence-electron chi connectivity index (χ2n) is 5.08. The topological polar surface area (TPSA) is 106 Å². The van der Waals surface area contributed by atoms with E-state index in [1.807, 2.05) is 30.3 Å². The summed E-state index contributed by atoms with van der Waals surface area (Å²) < 4.78 is 6.77. The maximum absolute atomic E-state index is 12.1. The summed E-state index contributed by atoms with van der Waals surface area (Å²) in [5.74, 6) is 0.709. The van der Waals surface area contributed by atoms with E-state index in [4.69, 9.17) is 10.00 Å². The van der Waals surface area contributed by atoms with Gasteiger partial charge in [-0.05, 0) is 39.6 Å². The van der Waals surface area contributed by atoms with Gasteiger partial charge in [-0.2, -0.15) is 5.26 Å². The van der Waals surface area contributed by atoms with Crippen LogP contribution >= 0.6 is 23.1 Å². The highest BCUT2D eigenvalue weighted by Crippen LogP contribution is 2.23. The number of benzene rings is 1. The Bertz CT molecular complexity index is 929. The third-order valence-corrected chi connectivity index (χ3v) is 5.15. The lowest BCUT2D eigenvalue weighted by Crippen LogP contribution is -2.14. The van der Waals surface area contributed by atoms with Crippen LogP contribution in [0.1, 0.15) is 11.1 Å². The molecule has 0 aliphatic heterocycles. The second-order valence-corrected chi connectivity index (χ2v) is 6.94. The highest BCUT2D eigenvalue weighted by atomic mass is 32.2. The molecule has 8 nitrogen and oxygen atoms in total. The van der Waals surface area contributed by atoms with Crippen molar-refractivity contribution >= 4 is 34.0 Å². The fraction of sp³-hybridized carbons (Fsp3) is 0.188. The van der Waals surface area contributed by atoms with E-state index in [1.165, 1.54) is 23.1 Å². The van der Waals surface area contributed by atoms with E-state index >= 15 is 0 Å². The van der Waals surface area contributed by atoms with Gasteiger partial charge >= 0.3 is 0 Å². The summed E-state index contributed by atoms with van der Waals surface area (Å²) in [6, 6.07) is 11.3. The van der Waals surface area contributed by atoms with Crippen molar-refractivity contribution in [3.8, 4) is 11.8 Å². The fourth-order valence-electron chi connectivity index (χ4n) is 2.09. The molecule has 0 saturated heterocycles. The number of rotatable bonds is 7. The largest absolute Gasteiger partial charge is 0.497 e. The average Bonchev–Trinajstić information content (AvgIpc) is 3.29. The summed E-state index contributed by atoms with van der Waals surface area (Å²) >= 11 is 2.55. The molecule has 0 aliphatic carbocycles. The smallest absolute Gasteiger partial charge is 0.235 e. The summed E-state index contributed by atoms with van der Waals surface area (Å²) in [5, 5.41) is 26.2. The van der Waals surface area contributed by atoms with Crippen molar-refractivity contribution in [3.63, 3.8) is 0 Å². The van der Waals surface area contributed by atoms with Gasteiger partial charge in [0.1, 0.15) is 16.8 Å². The molecule has 10 heteroatoms. The van der Waals surface area contributed by atoms with E-state index in [9.17, 15) is 4.79 Å². The molecule has 1 aromatic carbocycles. The van der Waals surface area contributed by atoms with Gasteiger partial charge in [-0.3, -0.25) is 4.79 Å². The average molecular weight is 386 g/mol. The maximum Gasteiger partial charge on any atom is 0.235 e. The summed E-state index contributed by atoms with van der Waals surface area (Å²) in [7, 11) is 1.62. The Kier molecular flexibility index (Phi) is 5.83. The third-order valence-electron chi connectivity index (χ3n) is 3.36. The number of nitrogens with one attached hydrogen (secondary N) is 1. The minimum Gasteiger partial charge on any atom is -0.497 e. The van der Waals surface area contributed by atoms with Gasteiger partial charge in [-0.1, -0.05) is 23.9 Å². The lowest BCUT2D eigenvalue weighted by Gasteiger charge is -2.06. The van der Waals surface area contributed by atoms with Crippen LogP contribution in [0.15, 0.2) is 40.9 Å². The molecule has 0 fully saturated rings. The molecule has 0 atom stereocenters. The number of nitriles is 1. The Morgan fingerprint density at radius 1 is 1.38 bits per heavy atom. The summed E-state index contributed by atoms with van der Waals surface area (Å²) in [6.07, 6.45) is 0. The number of thioether (sulfide) groups is 1. The molecule has 3 aromatic rings. The molecule has 26 heavy (non-hydrogen) atoms. The minimum atomic E-state index is -0.215. The SMILES string of the molecule is COc1ccc(Cn2nnnc2SCC(=O)Nc2sccc2C#N)cc1. The number of aromatic nitrogens is 4. The number of ether oxygens (including phenoxy) is 1. The molecule has 1 amide bonds. The number of carbonyl (C=O) groups is 1. The summed E-state index contributed by atoms with van der Waals surface area (Å²) in [4.78, 5) is 12.1. The molecule has 2 heterocycles. The molecular formula is C16H14N6O2S2. The van der Waals surface area contributed by atoms with Crippen LogP contribution in [0.5, 0.6) is 5.75 Å². The lowest BCUT2D eigenvalue weighted by atomic mass is 10.2. The molecule has 0 radical (unpaired) electrons. The van der Waals surface area contributed by atoms with Crippen molar-refractivity contribution in [2.24, 2.45) is 0 Å². The van der Waals surface area contributed by atoms with E-state index in [2.05, 4.69) is 20.8 Å². The quantitative estimate of drug-likeness (QED) is 0.622. The first-order valence-corrected chi connectivity index (χ1v) is 9.35. The number of amides is 1. The normalized spacial score (nSPS) is 10.3. The zero-order valence-corrected chi connectivity index (χ0v) is 15.4. The van der Waals surface area contributed by atoms with Crippen molar-refractivity contribution < 1.29 is 9.53 Å². The number of hydrogen-bond donors (Lipinski definition) is 1. The van der Waals surface area contributed by atoms with Crippen LogP contribution in [-0.2, 0) is 11.3 Å². The van der Waals surface area contributed by atoms with E-state index in [0.29, 0.717) is 22.3 Å². The van der Waals surface area contributed by atoms with Crippen molar-refractivity contribution in [2.75, 3.05) is 18.2 Å². The molecule has 0 unspecified atom stereocenters. The standard InChI is InChI=1S/C16H14N6O2S2/c1-24-13-4-2-11(3-5-13)9-22-16(19-20-21-22)26-10-14(23)18-15-12(8-17)6-7-25-15/h2-7H,9-10H2,1H3,(H,18,23). The zero-order chi connectivity index (χ0) is 18.4. The van der Waals surface area contributed by atoms with Crippen molar-refractivity contribution in [2.45, 2.75) is 11.7 Å². The highest BCUT2D eigenvalue weighted by molar-refractivity contribution is 7.99. The number of thiophene rings is 1. The Balaban J connectivity index is 1.58. The first kappa shape index (κ1) is 17.9. The van der Waals surface area contributed by atoms with Gasteiger partial charge in [-0.25, -0.2) is 4.68 Å². The lowest BCUT2D eigenvalue weighted by molar-refractivity contribution is -0.113. The van der Waals surface area contributed by atoms with Gasteiger partial charge in [0.2, 0.25) is 11.1 Å². The van der Waals surface area contributed by atoms with Crippen molar-refractivity contribution in [3.05, 3.63) is 46.8 Å². The molecule has 3 rings (SSSR count). The number of tetrazole rings is 1. The van der Waals surface area contributed by atoms with E-state index in [1.54, 1.807) is 23.2 Å². The highest BCUT2D eigenvalue weighted by Gasteiger charge is 2.12. The zero-order valence-electron chi connectivity index (χ0n) is 13.7. The van der Waals surface area contributed by atoms with Gasteiger partial charge in [-0.15, -0.1) is 16.4 Å². The second kappa shape index (κ2) is 8.46. The monoisotopic (exact) mass is 386 g/mol. The van der Waals surface area contributed by atoms with E-state index < -0.39 is 0 Å². The van der Waals surface area contributed by atoms with Crippen LogP contribution in [0.25, 0.3) is 0 Å². The van der Waals surface area contributed by atoms with Crippen LogP contribution < -0.4 is 10.1 Å². The Labute approximate surface area is 157 Å². The molecule has 0 aliphatic rings. The first-order chi connectivity index (χ1) is 12.7. The Morgan fingerprint density at radius 2 is 2.19 bits per heavy atom. The third kappa shape index (κ3) is 4.38.